The zero-order valence-electron chi connectivity index (χ0n) is 16.8. The Bertz CT molecular complexity index is 1230. The second-order valence-electron chi connectivity index (χ2n) is 7.00. The van der Waals surface area contributed by atoms with Crippen LogP contribution in [0.1, 0.15) is 22.8 Å². The zero-order chi connectivity index (χ0) is 22.0. The summed E-state index contributed by atoms with van der Waals surface area (Å²) in [4.78, 5) is 13.6. The van der Waals surface area contributed by atoms with E-state index in [1.54, 1.807) is 23.6 Å². The Hall–Kier alpha value is -3.10. The Balaban J connectivity index is 1.74. The summed E-state index contributed by atoms with van der Waals surface area (Å²) < 4.78 is 37.3. The largest absolute Gasteiger partial charge is 0.497 e. The molecule has 1 N–H and O–H groups in total. The topological polar surface area (TPSA) is 81.7 Å². The lowest BCUT2D eigenvalue weighted by atomic mass is 9.90. The van der Waals surface area contributed by atoms with Gasteiger partial charge in [0.25, 0.3) is 0 Å². The molecule has 0 saturated heterocycles. The molecule has 1 atom stereocenters. The van der Waals surface area contributed by atoms with Gasteiger partial charge in [-0.15, -0.1) is 11.3 Å². The van der Waals surface area contributed by atoms with Gasteiger partial charge in [-0.05, 0) is 42.0 Å². The predicted octanol–water partition coefficient (Wildman–Crippen LogP) is 4.63. The lowest BCUT2D eigenvalue weighted by Gasteiger charge is -2.24. The highest BCUT2D eigenvalue weighted by molar-refractivity contribution is 7.91. The van der Waals surface area contributed by atoms with Crippen LogP contribution >= 0.6 is 11.3 Å². The van der Waals surface area contributed by atoms with Crippen LogP contribution in [-0.4, -0.2) is 28.0 Å². The van der Waals surface area contributed by atoms with Gasteiger partial charge in [-0.1, -0.05) is 24.8 Å². The molecule has 2 heterocycles. The molecule has 1 aliphatic rings. The van der Waals surface area contributed by atoms with Gasteiger partial charge in [-0.2, -0.15) is 0 Å². The van der Waals surface area contributed by atoms with Crippen molar-refractivity contribution in [3.63, 3.8) is 0 Å². The molecule has 4 rings (SSSR count). The molecule has 0 aliphatic carbocycles. The van der Waals surface area contributed by atoms with Gasteiger partial charge in [0.15, 0.2) is 0 Å². The molecule has 6 nitrogen and oxygen atoms in total. The lowest BCUT2D eigenvalue weighted by molar-refractivity contribution is -0.116. The van der Waals surface area contributed by atoms with Crippen molar-refractivity contribution in [3.05, 3.63) is 77.0 Å². The fourth-order valence-electron chi connectivity index (χ4n) is 3.53. The van der Waals surface area contributed by atoms with Crippen molar-refractivity contribution < 1.29 is 22.7 Å². The van der Waals surface area contributed by atoms with E-state index in [0.717, 1.165) is 10.4 Å². The maximum absolute atomic E-state index is 13.3. The summed E-state index contributed by atoms with van der Waals surface area (Å²) in [6, 6.07) is 13.7. The molecule has 0 bridgehead atoms. The van der Waals surface area contributed by atoms with Crippen LogP contribution in [0.2, 0.25) is 0 Å². The fraction of sp³-hybridized carbons (Fsp3) is 0.174. The van der Waals surface area contributed by atoms with Gasteiger partial charge in [-0.3, -0.25) is 4.79 Å². The number of sulfone groups is 1. The van der Waals surface area contributed by atoms with Gasteiger partial charge in [0.1, 0.15) is 23.0 Å². The molecule has 31 heavy (non-hydrogen) atoms. The van der Waals surface area contributed by atoms with Gasteiger partial charge in [0.2, 0.25) is 15.7 Å². The number of fused-ring (bicyclic) bond motifs is 1. The summed E-state index contributed by atoms with van der Waals surface area (Å²) in [5.41, 5.74) is 1.26. The van der Waals surface area contributed by atoms with E-state index in [1.807, 2.05) is 24.3 Å². The number of hydrogen-bond acceptors (Lipinski definition) is 6. The molecule has 8 heteroatoms. The number of anilines is 1. The average Bonchev–Trinajstić information content (AvgIpc) is 3.22. The number of carbonyl (C=O) groups excluding carboxylic acids is 1. The van der Waals surface area contributed by atoms with Gasteiger partial charge in [0.05, 0.1) is 17.7 Å². The first kappa shape index (κ1) is 21.1. The summed E-state index contributed by atoms with van der Waals surface area (Å²) >= 11 is 1.33. The molecular weight excluding hydrogens is 434 g/mol. The molecule has 1 aromatic heterocycles. The highest BCUT2D eigenvalue weighted by Crippen LogP contribution is 2.46. The normalized spacial score (nSPS) is 15.6. The van der Waals surface area contributed by atoms with E-state index in [4.69, 9.17) is 9.47 Å². The highest BCUT2D eigenvalue weighted by Gasteiger charge is 2.34. The molecule has 1 unspecified atom stereocenters. The van der Waals surface area contributed by atoms with Gasteiger partial charge in [-0.25, -0.2) is 8.42 Å². The summed E-state index contributed by atoms with van der Waals surface area (Å²) in [5.74, 6) is 0.770. The molecule has 0 radical (unpaired) electrons. The number of nitrogens with one attached hydrogen (secondary N) is 1. The minimum atomic E-state index is -3.81. The number of hydrogen-bond donors (Lipinski definition) is 1. The van der Waals surface area contributed by atoms with E-state index in [2.05, 4.69) is 11.9 Å². The first-order valence-electron chi connectivity index (χ1n) is 9.58. The molecule has 160 valence electrons. The second-order valence-corrected chi connectivity index (χ2v) is 9.82. The van der Waals surface area contributed by atoms with Crippen LogP contribution < -0.4 is 14.8 Å². The number of ether oxygens (including phenoxy) is 2. The molecule has 0 spiro atoms. The number of rotatable bonds is 7. The minimum Gasteiger partial charge on any atom is -0.497 e. The zero-order valence-corrected chi connectivity index (χ0v) is 18.5. The van der Waals surface area contributed by atoms with E-state index >= 15 is 0 Å². The summed E-state index contributed by atoms with van der Waals surface area (Å²) in [7, 11) is -2.29. The third-order valence-corrected chi connectivity index (χ3v) is 8.08. The number of amides is 1. The van der Waals surface area contributed by atoms with Gasteiger partial charge < -0.3 is 14.8 Å². The molecular formula is C23H21NO5S2. The maximum atomic E-state index is 13.3. The van der Waals surface area contributed by atoms with Crippen LogP contribution in [-0.2, 0) is 14.6 Å². The summed E-state index contributed by atoms with van der Waals surface area (Å²) in [5, 5.41) is 4.38. The number of benzene rings is 2. The van der Waals surface area contributed by atoms with Gasteiger partial charge in [0, 0.05) is 22.6 Å². The Labute approximate surface area is 185 Å². The summed E-state index contributed by atoms with van der Waals surface area (Å²) in [6.07, 6.45) is 1.90. The monoisotopic (exact) mass is 455 g/mol. The first-order chi connectivity index (χ1) is 14.9. The quantitative estimate of drug-likeness (QED) is 0.526. The van der Waals surface area contributed by atoms with Gasteiger partial charge >= 0.3 is 0 Å². The minimum absolute atomic E-state index is 0.106. The smallest absolute Gasteiger partial charge is 0.225 e. The summed E-state index contributed by atoms with van der Waals surface area (Å²) in [6.45, 7) is 4.03. The van der Waals surface area contributed by atoms with E-state index in [1.165, 1.54) is 30.6 Å². The van der Waals surface area contributed by atoms with Crippen LogP contribution in [0.15, 0.2) is 76.4 Å². The Morgan fingerprint density at radius 2 is 1.97 bits per heavy atom. The Morgan fingerprint density at radius 1 is 1.19 bits per heavy atom. The molecule has 1 amide bonds. The van der Waals surface area contributed by atoms with Crippen molar-refractivity contribution in [1.82, 2.24) is 0 Å². The number of thiophene rings is 1. The third-order valence-electron chi connectivity index (χ3n) is 5.04. The third kappa shape index (κ3) is 4.08. The lowest BCUT2D eigenvalue weighted by Crippen LogP contribution is -2.23. The molecule has 0 saturated carbocycles. The average molecular weight is 456 g/mol. The second kappa shape index (κ2) is 8.56. The van der Waals surface area contributed by atoms with Crippen molar-refractivity contribution in [2.75, 3.05) is 19.0 Å². The van der Waals surface area contributed by atoms with Crippen LogP contribution in [0.25, 0.3) is 0 Å². The number of carbonyl (C=O) groups is 1. The van der Waals surface area contributed by atoms with Crippen LogP contribution in [0.3, 0.4) is 0 Å². The number of methoxy groups -OCH3 is 1. The molecule has 3 aromatic rings. The van der Waals surface area contributed by atoms with Crippen LogP contribution in [0, 0.1) is 0 Å². The Morgan fingerprint density at radius 3 is 2.68 bits per heavy atom. The predicted molar refractivity (Wildman–Crippen MR) is 120 cm³/mol. The molecule has 0 fully saturated rings. The first-order valence-corrected chi connectivity index (χ1v) is 11.9. The van der Waals surface area contributed by atoms with E-state index in [0.29, 0.717) is 23.8 Å². The van der Waals surface area contributed by atoms with Crippen LogP contribution in [0.5, 0.6) is 11.5 Å². The SMILES string of the molecule is C=CCOc1cccc(C2CC(=O)Nc3c(S(=O)(=O)c4ccc(OC)cc4)csc32)c1. The standard InChI is InChI=1S/C23H21NO5S2/c1-3-11-29-17-6-4-5-15(12-17)19-13-21(25)24-22-20(14-30-23(19)22)31(26,27)18-9-7-16(28-2)8-10-18/h3-10,12,14,19H,1,11,13H2,2H3,(H,24,25). The van der Waals surface area contributed by atoms with E-state index in [-0.39, 0.29) is 28.0 Å². The highest BCUT2D eigenvalue weighted by atomic mass is 32.2. The molecule has 1 aliphatic heterocycles. The maximum Gasteiger partial charge on any atom is 0.225 e. The van der Waals surface area contributed by atoms with Crippen LogP contribution in [0.4, 0.5) is 5.69 Å². The van der Waals surface area contributed by atoms with Crippen molar-refractivity contribution in [1.29, 1.82) is 0 Å². The van der Waals surface area contributed by atoms with E-state index < -0.39 is 9.84 Å². The van der Waals surface area contributed by atoms with Crippen molar-refractivity contribution in [2.45, 2.75) is 22.1 Å². The van der Waals surface area contributed by atoms with Crippen molar-refractivity contribution >= 4 is 32.8 Å². The van der Waals surface area contributed by atoms with E-state index in [9.17, 15) is 13.2 Å². The Kier molecular flexibility index (Phi) is 5.84. The van der Waals surface area contributed by atoms with Crippen molar-refractivity contribution in [3.8, 4) is 11.5 Å². The van der Waals surface area contributed by atoms with Crippen molar-refractivity contribution in [2.24, 2.45) is 0 Å². The fourth-order valence-corrected chi connectivity index (χ4v) is 6.44. The molecule has 2 aromatic carbocycles.